The van der Waals surface area contributed by atoms with Crippen LogP contribution in [-0.4, -0.2) is 38.6 Å². The SMILES string of the molecule is CCOc1cccc(C2C(=C(O)c3ccncc3)C(=O)C(=O)N2c2nnc(SCc3ccccc3F)s2)c1. The zero-order valence-corrected chi connectivity index (χ0v) is 21.7. The van der Waals surface area contributed by atoms with E-state index >= 15 is 0 Å². The zero-order chi connectivity index (χ0) is 26.6. The van der Waals surface area contributed by atoms with E-state index in [1.54, 1.807) is 54.6 Å². The van der Waals surface area contributed by atoms with Gasteiger partial charge >= 0.3 is 5.91 Å². The number of ether oxygens (including phenoxy) is 1. The van der Waals surface area contributed by atoms with Gasteiger partial charge < -0.3 is 9.84 Å². The molecular formula is C27H21FN4O4S2. The van der Waals surface area contributed by atoms with Crippen molar-refractivity contribution in [2.75, 3.05) is 11.5 Å². The first-order valence-electron chi connectivity index (χ1n) is 11.6. The summed E-state index contributed by atoms with van der Waals surface area (Å²) in [7, 11) is 0. The minimum Gasteiger partial charge on any atom is -0.507 e. The maximum absolute atomic E-state index is 14.0. The second kappa shape index (κ2) is 11.1. The number of benzene rings is 2. The number of hydrogen-bond donors (Lipinski definition) is 1. The van der Waals surface area contributed by atoms with Crippen molar-refractivity contribution in [3.63, 3.8) is 0 Å². The number of aliphatic hydroxyl groups excluding tert-OH is 1. The van der Waals surface area contributed by atoms with Crippen LogP contribution in [0.5, 0.6) is 5.75 Å². The average Bonchev–Trinajstić information content (AvgIpc) is 3.50. The number of halogens is 1. The fourth-order valence-corrected chi connectivity index (χ4v) is 5.92. The molecule has 0 aliphatic carbocycles. The molecule has 0 bridgehead atoms. The average molecular weight is 549 g/mol. The number of anilines is 1. The third-order valence-electron chi connectivity index (χ3n) is 5.79. The lowest BCUT2D eigenvalue weighted by Crippen LogP contribution is -2.29. The van der Waals surface area contributed by atoms with Crippen LogP contribution in [0.2, 0.25) is 0 Å². The molecule has 5 rings (SSSR count). The molecule has 2 aromatic carbocycles. The normalized spacial score (nSPS) is 16.7. The summed E-state index contributed by atoms with van der Waals surface area (Å²) in [5.41, 5.74) is 1.34. The number of amides is 1. The third-order valence-corrected chi connectivity index (χ3v) is 7.90. The molecular weight excluding hydrogens is 527 g/mol. The number of rotatable bonds is 8. The Morgan fingerprint density at radius 1 is 1.11 bits per heavy atom. The van der Waals surface area contributed by atoms with Crippen LogP contribution in [0, 0.1) is 5.82 Å². The number of pyridine rings is 1. The van der Waals surface area contributed by atoms with Gasteiger partial charge in [-0.1, -0.05) is 53.4 Å². The van der Waals surface area contributed by atoms with Gasteiger partial charge in [-0.2, -0.15) is 0 Å². The lowest BCUT2D eigenvalue weighted by atomic mass is 9.95. The predicted octanol–water partition coefficient (Wildman–Crippen LogP) is 5.39. The molecule has 8 nitrogen and oxygen atoms in total. The summed E-state index contributed by atoms with van der Waals surface area (Å²) in [5.74, 6) is -1.45. The second-order valence-corrected chi connectivity index (χ2v) is 10.3. The van der Waals surface area contributed by atoms with Crippen molar-refractivity contribution in [2.45, 2.75) is 23.1 Å². The van der Waals surface area contributed by atoms with Gasteiger partial charge in [0, 0.05) is 23.7 Å². The molecule has 11 heteroatoms. The standard InChI is InChI=1S/C27H21FN4O4S2/c1-2-36-19-8-5-7-17(14-19)22-21(23(33)16-10-12-29-13-11-16)24(34)25(35)32(22)26-30-31-27(38-26)37-15-18-6-3-4-9-20(18)28/h3-14,22,33H,2,15H2,1H3. The lowest BCUT2D eigenvalue weighted by molar-refractivity contribution is -0.132. The largest absolute Gasteiger partial charge is 0.507 e. The molecule has 1 amide bonds. The zero-order valence-electron chi connectivity index (χ0n) is 20.1. The van der Waals surface area contributed by atoms with Crippen LogP contribution in [0.25, 0.3) is 5.76 Å². The number of nitrogens with zero attached hydrogens (tertiary/aromatic N) is 4. The van der Waals surface area contributed by atoms with Crippen molar-refractivity contribution in [2.24, 2.45) is 0 Å². The molecule has 0 radical (unpaired) electrons. The van der Waals surface area contributed by atoms with Crippen LogP contribution in [-0.2, 0) is 15.3 Å². The highest BCUT2D eigenvalue weighted by atomic mass is 32.2. The van der Waals surface area contributed by atoms with E-state index in [2.05, 4.69) is 15.2 Å². The van der Waals surface area contributed by atoms with Crippen molar-refractivity contribution < 1.29 is 23.8 Å². The highest BCUT2D eigenvalue weighted by molar-refractivity contribution is 8.00. The van der Waals surface area contributed by atoms with Gasteiger partial charge in [-0.25, -0.2) is 4.39 Å². The van der Waals surface area contributed by atoms with Gasteiger partial charge in [-0.15, -0.1) is 10.2 Å². The molecule has 0 spiro atoms. The minimum atomic E-state index is -0.971. The Bertz CT molecular complexity index is 1530. The Balaban J connectivity index is 1.55. The molecule has 2 aromatic heterocycles. The Morgan fingerprint density at radius 2 is 1.89 bits per heavy atom. The van der Waals surface area contributed by atoms with Crippen LogP contribution >= 0.6 is 23.1 Å². The number of ketones is 1. The van der Waals surface area contributed by atoms with Gasteiger partial charge in [-0.05, 0) is 48.4 Å². The molecule has 0 saturated carbocycles. The molecule has 4 aromatic rings. The fraction of sp³-hybridized carbons (Fsp3) is 0.148. The highest BCUT2D eigenvalue weighted by Gasteiger charge is 2.48. The van der Waals surface area contributed by atoms with Crippen molar-refractivity contribution in [1.82, 2.24) is 15.2 Å². The summed E-state index contributed by atoms with van der Waals surface area (Å²) in [6, 6.07) is 15.6. The van der Waals surface area contributed by atoms with Crippen LogP contribution in [0.1, 0.15) is 29.7 Å². The van der Waals surface area contributed by atoms with Gasteiger partial charge in [0.25, 0.3) is 5.78 Å². The predicted molar refractivity (Wildman–Crippen MR) is 143 cm³/mol. The number of Topliss-reactive ketones (excluding diaryl/α,β-unsaturated/α-hetero) is 1. The quantitative estimate of drug-likeness (QED) is 0.103. The van der Waals surface area contributed by atoms with Gasteiger partial charge in [0.05, 0.1) is 18.2 Å². The molecule has 1 aliphatic heterocycles. The summed E-state index contributed by atoms with van der Waals surface area (Å²) >= 11 is 2.38. The van der Waals surface area contributed by atoms with Gasteiger partial charge in [0.2, 0.25) is 5.13 Å². The Hall–Kier alpha value is -4.09. The summed E-state index contributed by atoms with van der Waals surface area (Å²) in [6.07, 6.45) is 2.97. The van der Waals surface area contributed by atoms with Crippen LogP contribution in [0.4, 0.5) is 9.52 Å². The van der Waals surface area contributed by atoms with Crippen molar-refractivity contribution in [3.05, 3.63) is 101 Å². The highest BCUT2D eigenvalue weighted by Crippen LogP contribution is 2.44. The Morgan fingerprint density at radius 3 is 2.66 bits per heavy atom. The Kier molecular flexibility index (Phi) is 7.47. The number of carbonyl (C=O) groups excluding carboxylic acids is 2. The second-order valence-electron chi connectivity index (χ2n) is 8.14. The molecule has 1 unspecified atom stereocenters. The van der Waals surface area contributed by atoms with Crippen molar-refractivity contribution in [1.29, 1.82) is 0 Å². The molecule has 38 heavy (non-hydrogen) atoms. The molecule has 1 aliphatic rings. The van der Waals surface area contributed by atoms with E-state index in [1.165, 1.54) is 35.1 Å². The molecule has 1 saturated heterocycles. The topological polar surface area (TPSA) is 106 Å². The molecule has 192 valence electrons. The van der Waals surface area contributed by atoms with E-state index in [-0.39, 0.29) is 22.3 Å². The van der Waals surface area contributed by atoms with Crippen LogP contribution < -0.4 is 9.64 Å². The van der Waals surface area contributed by atoms with Crippen LogP contribution in [0.15, 0.2) is 83.0 Å². The summed E-state index contributed by atoms with van der Waals surface area (Å²) < 4.78 is 20.2. The number of aliphatic hydroxyl groups is 1. The first-order valence-corrected chi connectivity index (χ1v) is 13.4. The smallest absolute Gasteiger partial charge is 0.301 e. The van der Waals surface area contributed by atoms with E-state index in [0.717, 1.165) is 11.3 Å². The minimum absolute atomic E-state index is 0.0781. The van der Waals surface area contributed by atoms with Gasteiger partial charge in [0.15, 0.2) is 4.34 Å². The van der Waals surface area contributed by atoms with Crippen LogP contribution in [0.3, 0.4) is 0 Å². The Labute approximate surface area is 225 Å². The third kappa shape index (κ3) is 5.02. The van der Waals surface area contributed by atoms with Gasteiger partial charge in [-0.3, -0.25) is 19.5 Å². The summed E-state index contributed by atoms with van der Waals surface area (Å²) in [5, 5.41) is 19.7. The molecule has 1 fully saturated rings. The molecule has 3 heterocycles. The maximum atomic E-state index is 14.0. The number of thioether (sulfide) groups is 1. The monoisotopic (exact) mass is 548 g/mol. The van der Waals surface area contributed by atoms with E-state index in [0.29, 0.717) is 39.1 Å². The molecule has 1 atom stereocenters. The summed E-state index contributed by atoms with van der Waals surface area (Å²) in [6.45, 7) is 2.28. The number of hydrogen-bond acceptors (Lipinski definition) is 9. The number of aromatic nitrogens is 3. The summed E-state index contributed by atoms with van der Waals surface area (Å²) in [4.78, 5) is 31.9. The first kappa shape index (κ1) is 25.6. The first-order chi connectivity index (χ1) is 18.5. The van der Waals surface area contributed by atoms with E-state index < -0.39 is 17.7 Å². The maximum Gasteiger partial charge on any atom is 0.301 e. The lowest BCUT2D eigenvalue weighted by Gasteiger charge is -2.23. The van der Waals surface area contributed by atoms with Gasteiger partial charge in [0.1, 0.15) is 17.3 Å². The van der Waals surface area contributed by atoms with E-state index in [4.69, 9.17) is 4.74 Å². The number of carbonyl (C=O) groups is 2. The van der Waals surface area contributed by atoms with E-state index in [9.17, 15) is 19.1 Å². The van der Waals surface area contributed by atoms with Crippen molar-refractivity contribution >= 4 is 45.7 Å². The van der Waals surface area contributed by atoms with E-state index in [1.807, 2.05) is 6.92 Å². The fourth-order valence-electron chi connectivity index (χ4n) is 4.06. The van der Waals surface area contributed by atoms with Crippen molar-refractivity contribution in [3.8, 4) is 5.75 Å². The molecule has 1 N–H and O–H groups in total.